The predicted molar refractivity (Wildman–Crippen MR) is 104 cm³/mol. The summed E-state index contributed by atoms with van der Waals surface area (Å²) in [5.41, 5.74) is 8.26. The molecule has 1 aromatic heterocycles. The molecule has 1 aromatic rings. The summed E-state index contributed by atoms with van der Waals surface area (Å²) in [7, 11) is 0. The summed E-state index contributed by atoms with van der Waals surface area (Å²) >= 11 is 0. The second-order valence-corrected chi connectivity index (χ2v) is 7.66. The number of nitrogens with zero attached hydrogens (tertiary/aromatic N) is 2. The largest absolute Gasteiger partial charge is 0.381 e. The molecule has 25 heavy (non-hydrogen) atoms. The van der Waals surface area contributed by atoms with Crippen molar-refractivity contribution in [1.82, 2.24) is 4.98 Å². The van der Waals surface area contributed by atoms with Crippen LogP contribution in [0.15, 0.2) is 12.1 Å². The molecule has 0 unspecified atom stereocenters. The molecule has 5 heteroatoms. The molecule has 0 amide bonds. The van der Waals surface area contributed by atoms with E-state index in [1.807, 2.05) is 0 Å². The third kappa shape index (κ3) is 4.64. The topological polar surface area (TPSA) is 63.4 Å². The van der Waals surface area contributed by atoms with Gasteiger partial charge in [-0.25, -0.2) is 4.98 Å². The van der Waals surface area contributed by atoms with Crippen LogP contribution in [-0.2, 0) is 4.74 Å². The van der Waals surface area contributed by atoms with Gasteiger partial charge in [-0.2, -0.15) is 0 Å². The minimum atomic E-state index is 0.310. The van der Waals surface area contributed by atoms with Crippen molar-refractivity contribution in [3.63, 3.8) is 0 Å². The molecule has 1 aliphatic carbocycles. The van der Waals surface area contributed by atoms with Crippen molar-refractivity contribution in [2.24, 2.45) is 5.73 Å². The van der Waals surface area contributed by atoms with Gasteiger partial charge in [0.05, 0.1) is 23.6 Å². The van der Waals surface area contributed by atoms with Gasteiger partial charge >= 0.3 is 0 Å². The second-order valence-electron chi connectivity index (χ2n) is 7.66. The zero-order chi connectivity index (χ0) is 17.8. The fourth-order valence-corrected chi connectivity index (χ4v) is 3.92. The highest BCUT2D eigenvalue weighted by atomic mass is 16.5. The molecule has 5 nitrogen and oxygen atoms in total. The number of nitrogens with one attached hydrogen (secondary N) is 1. The van der Waals surface area contributed by atoms with E-state index >= 15 is 0 Å². The van der Waals surface area contributed by atoms with Crippen molar-refractivity contribution in [1.29, 1.82) is 0 Å². The lowest BCUT2D eigenvalue weighted by molar-refractivity contribution is -0.0287. The van der Waals surface area contributed by atoms with Crippen LogP contribution in [0.3, 0.4) is 0 Å². The number of nitrogens with two attached hydrogens (primary N) is 1. The Balaban J connectivity index is 1.66. The van der Waals surface area contributed by atoms with Crippen LogP contribution in [0.2, 0.25) is 0 Å². The first kappa shape index (κ1) is 18.5. The number of hydrogen-bond acceptors (Lipinski definition) is 5. The van der Waals surface area contributed by atoms with Gasteiger partial charge in [0, 0.05) is 25.2 Å². The Morgan fingerprint density at radius 2 is 1.76 bits per heavy atom. The van der Waals surface area contributed by atoms with Crippen molar-refractivity contribution in [2.75, 3.05) is 23.3 Å². The van der Waals surface area contributed by atoms with Gasteiger partial charge in [0.15, 0.2) is 0 Å². The minimum Gasteiger partial charge on any atom is -0.381 e. The number of ether oxygens (including phenoxy) is 1. The number of hydrogen-bond donors (Lipinski definition) is 2. The normalized spacial score (nSPS) is 30.3. The first-order chi connectivity index (χ1) is 12.1. The van der Waals surface area contributed by atoms with E-state index in [4.69, 9.17) is 15.5 Å². The average molecular weight is 347 g/mol. The molecule has 2 atom stereocenters. The highest BCUT2D eigenvalue weighted by Gasteiger charge is 2.27. The molecular formula is C20H34N4O. The first-order valence-electron chi connectivity index (χ1n) is 9.99. The number of aromatic nitrogens is 1. The Labute approximate surface area is 152 Å². The molecule has 0 radical (unpaired) electrons. The molecule has 2 aliphatic rings. The summed E-state index contributed by atoms with van der Waals surface area (Å²) in [5, 5.41) is 3.68. The lowest BCUT2D eigenvalue weighted by Crippen LogP contribution is -2.47. The molecule has 0 aromatic carbocycles. The quantitative estimate of drug-likeness (QED) is 0.855. The highest BCUT2D eigenvalue weighted by Crippen LogP contribution is 2.26. The molecule has 140 valence electrons. The van der Waals surface area contributed by atoms with Gasteiger partial charge in [0.2, 0.25) is 0 Å². The molecule has 2 heterocycles. The number of anilines is 2. The van der Waals surface area contributed by atoms with Crippen LogP contribution in [0.4, 0.5) is 11.5 Å². The maximum atomic E-state index is 6.11. The molecule has 0 bridgehead atoms. The summed E-state index contributed by atoms with van der Waals surface area (Å²) in [4.78, 5) is 7.29. The van der Waals surface area contributed by atoms with Crippen LogP contribution in [0.1, 0.15) is 58.1 Å². The highest BCUT2D eigenvalue weighted by molar-refractivity contribution is 5.54. The number of pyridine rings is 1. The number of rotatable bonds is 5. The Hall–Kier alpha value is -1.33. The zero-order valence-corrected chi connectivity index (χ0v) is 16.0. The van der Waals surface area contributed by atoms with E-state index in [0.29, 0.717) is 24.3 Å². The lowest BCUT2D eigenvalue weighted by Gasteiger charge is -2.38. The molecule has 3 N–H and O–H groups in total. The Bertz CT molecular complexity index is 545. The molecule has 1 saturated carbocycles. The van der Waals surface area contributed by atoms with Gasteiger partial charge in [-0.1, -0.05) is 13.8 Å². The number of morpholine rings is 1. The Kier molecular flexibility index (Phi) is 6.18. The van der Waals surface area contributed by atoms with Crippen molar-refractivity contribution in [3.05, 3.63) is 17.8 Å². The van der Waals surface area contributed by atoms with Crippen molar-refractivity contribution in [2.45, 2.75) is 83.6 Å². The van der Waals surface area contributed by atoms with Crippen LogP contribution >= 0.6 is 0 Å². The molecule has 1 aliphatic heterocycles. The summed E-state index contributed by atoms with van der Waals surface area (Å²) in [5.74, 6) is 1.08. The van der Waals surface area contributed by atoms with Crippen LogP contribution in [-0.4, -0.2) is 42.4 Å². The molecule has 3 rings (SSSR count). The predicted octanol–water partition coefficient (Wildman–Crippen LogP) is 3.47. The lowest BCUT2D eigenvalue weighted by atomic mass is 9.91. The fraction of sp³-hybridized carbons (Fsp3) is 0.750. The van der Waals surface area contributed by atoms with E-state index in [1.165, 1.54) is 0 Å². The second kappa shape index (κ2) is 8.37. The van der Waals surface area contributed by atoms with Crippen LogP contribution in [0, 0.1) is 6.92 Å². The van der Waals surface area contributed by atoms with Crippen LogP contribution in [0.5, 0.6) is 0 Å². The monoisotopic (exact) mass is 346 g/mol. The smallest absolute Gasteiger partial charge is 0.129 e. The fourth-order valence-electron chi connectivity index (χ4n) is 3.92. The maximum Gasteiger partial charge on any atom is 0.129 e. The van der Waals surface area contributed by atoms with E-state index in [9.17, 15) is 0 Å². The molecular weight excluding hydrogens is 312 g/mol. The van der Waals surface area contributed by atoms with Gasteiger partial charge in [0.1, 0.15) is 5.82 Å². The Morgan fingerprint density at radius 1 is 1.12 bits per heavy atom. The zero-order valence-electron chi connectivity index (χ0n) is 16.0. The van der Waals surface area contributed by atoms with Gasteiger partial charge in [-0.05, 0) is 57.6 Å². The summed E-state index contributed by atoms with van der Waals surface area (Å²) in [6.45, 7) is 8.38. The van der Waals surface area contributed by atoms with Crippen molar-refractivity contribution >= 4 is 11.5 Å². The summed E-state index contributed by atoms with van der Waals surface area (Å²) in [6, 6.07) is 5.28. The van der Waals surface area contributed by atoms with E-state index in [2.05, 4.69) is 43.1 Å². The van der Waals surface area contributed by atoms with Crippen LogP contribution in [0.25, 0.3) is 0 Å². The standard InChI is InChI=1S/C20H34N4O/c1-4-17-12-24(13-18(5-2)25-17)20-11-10-19(14(3)22-20)23-16-8-6-15(21)7-9-16/h10-11,15-18,23H,4-9,12-13,21H2,1-3H3/t15?,16?,17-,18-/m1/s1. The van der Waals surface area contributed by atoms with Gasteiger partial charge in [-0.15, -0.1) is 0 Å². The summed E-state index contributed by atoms with van der Waals surface area (Å²) < 4.78 is 6.11. The SMILES string of the molecule is CC[C@@H]1CN(c2ccc(NC3CCC(N)CC3)c(C)n2)C[C@@H](CC)O1. The van der Waals surface area contributed by atoms with Crippen molar-refractivity contribution in [3.8, 4) is 0 Å². The van der Waals surface area contributed by atoms with E-state index in [0.717, 1.165) is 68.8 Å². The van der Waals surface area contributed by atoms with Gasteiger partial charge < -0.3 is 20.7 Å². The molecule has 0 spiro atoms. The first-order valence-corrected chi connectivity index (χ1v) is 9.99. The van der Waals surface area contributed by atoms with Crippen LogP contribution < -0.4 is 16.0 Å². The average Bonchev–Trinajstić information content (AvgIpc) is 2.64. The van der Waals surface area contributed by atoms with E-state index in [1.54, 1.807) is 0 Å². The minimum absolute atomic E-state index is 0.310. The third-order valence-electron chi connectivity index (χ3n) is 5.67. The maximum absolute atomic E-state index is 6.11. The van der Waals surface area contributed by atoms with E-state index < -0.39 is 0 Å². The van der Waals surface area contributed by atoms with Gasteiger partial charge in [0.25, 0.3) is 0 Å². The van der Waals surface area contributed by atoms with Crippen molar-refractivity contribution < 1.29 is 4.74 Å². The summed E-state index contributed by atoms with van der Waals surface area (Å²) in [6.07, 6.45) is 7.27. The Morgan fingerprint density at radius 3 is 2.32 bits per heavy atom. The van der Waals surface area contributed by atoms with Gasteiger partial charge in [-0.3, -0.25) is 0 Å². The molecule has 1 saturated heterocycles. The van der Waals surface area contributed by atoms with E-state index in [-0.39, 0.29) is 0 Å². The third-order valence-corrected chi connectivity index (χ3v) is 5.67. The number of aryl methyl sites for hydroxylation is 1. The molecule has 2 fully saturated rings.